The number of fused-ring (bicyclic) bond motifs is 1. The topological polar surface area (TPSA) is 88.5 Å². The minimum atomic E-state index is -1.64. The summed E-state index contributed by atoms with van der Waals surface area (Å²) in [5.74, 6) is 0.379. The quantitative estimate of drug-likeness (QED) is 0.617. The Morgan fingerprint density at radius 2 is 2.00 bits per heavy atom. The normalized spacial score (nSPS) is 19.4. The van der Waals surface area contributed by atoms with Crippen molar-refractivity contribution in [2.45, 2.75) is 25.7 Å². The molecule has 3 aromatic rings. The lowest BCUT2D eigenvalue weighted by Gasteiger charge is -2.16. The van der Waals surface area contributed by atoms with Crippen molar-refractivity contribution in [2.24, 2.45) is 0 Å². The smallest absolute Gasteiger partial charge is 0.257 e. The fourth-order valence-corrected chi connectivity index (χ4v) is 5.54. The first kappa shape index (κ1) is 20.5. The largest absolute Gasteiger partial charge is 0.507 e. The van der Waals surface area contributed by atoms with Gasteiger partial charge in [-0.15, -0.1) is 0 Å². The molecule has 1 aliphatic carbocycles. The van der Waals surface area contributed by atoms with E-state index in [0.29, 0.717) is 23.0 Å². The van der Waals surface area contributed by atoms with Crippen LogP contribution in [0, 0.1) is 0 Å². The minimum absolute atomic E-state index is 0.0223. The number of rotatable bonds is 5. The Kier molecular flexibility index (Phi) is 5.27. The molecule has 1 amide bonds. The molecule has 0 bridgehead atoms. The van der Waals surface area contributed by atoms with Crippen LogP contribution < -0.4 is 9.46 Å². The van der Waals surface area contributed by atoms with E-state index < -0.39 is 16.9 Å². The van der Waals surface area contributed by atoms with Crippen LogP contribution in [0.3, 0.4) is 0 Å². The summed E-state index contributed by atoms with van der Waals surface area (Å²) in [5.41, 5.74) is 6.00. The van der Waals surface area contributed by atoms with E-state index in [9.17, 15) is 14.1 Å². The van der Waals surface area contributed by atoms with Crippen LogP contribution in [0.4, 0.5) is 0 Å². The molecule has 6 nitrogen and oxygen atoms in total. The predicted molar refractivity (Wildman–Crippen MR) is 123 cm³/mol. The SMILES string of the molecule is CCOc1ncccc1-c1cccc2c1CC[C@@H]2c1ccc(C2=CC(=O)NS2=O)c(O)c1. The van der Waals surface area contributed by atoms with Crippen LogP contribution in [0.5, 0.6) is 11.6 Å². The number of carbonyl (C=O) groups is 1. The van der Waals surface area contributed by atoms with Gasteiger partial charge in [-0.2, -0.15) is 0 Å². The molecular formula is C25H22N2O4S. The molecule has 0 spiro atoms. The highest BCUT2D eigenvalue weighted by Gasteiger charge is 2.29. The van der Waals surface area contributed by atoms with Crippen molar-refractivity contribution in [3.05, 3.63) is 83.1 Å². The predicted octanol–water partition coefficient (Wildman–Crippen LogP) is 4.07. The summed E-state index contributed by atoms with van der Waals surface area (Å²) in [6.07, 6.45) is 4.84. The molecule has 1 aliphatic heterocycles. The zero-order valence-electron chi connectivity index (χ0n) is 17.5. The number of hydrogen-bond acceptors (Lipinski definition) is 5. The summed E-state index contributed by atoms with van der Waals surface area (Å²) < 4.78 is 20.2. The lowest BCUT2D eigenvalue weighted by Crippen LogP contribution is -2.16. The van der Waals surface area contributed by atoms with Crippen LogP contribution in [0.2, 0.25) is 0 Å². The van der Waals surface area contributed by atoms with Crippen LogP contribution in [0.1, 0.15) is 41.5 Å². The van der Waals surface area contributed by atoms with Crippen LogP contribution in [0.15, 0.2) is 60.8 Å². The Morgan fingerprint density at radius 3 is 2.75 bits per heavy atom. The van der Waals surface area contributed by atoms with E-state index >= 15 is 0 Å². The van der Waals surface area contributed by atoms with Gasteiger partial charge in [-0.05, 0) is 66.3 Å². The third-order valence-electron chi connectivity index (χ3n) is 5.96. The first-order valence-electron chi connectivity index (χ1n) is 10.5. The molecular weight excluding hydrogens is 424 g/mol. The standard InChI is InChI=1S/C25H22N2O4S/c1-2-31-25-20(7-4-12-26-25)18-6-3-5-17-16(10-11-19(17)18)15-8-9-21(22(28)13-15)23-14-24(29)27-32(23)30/h3-9,12-14,16,28H,2,10-11H2,1H3,(H,27,29)/t16-,32?/m1/s1. The third kappa shape index (κ3) is 3.48. The summed E-state index contributed by atoms with van der Waals surface area (Å²) >= 11 is 0. The zero-order chi connectivity index (χ0) is 22.2. The number of phenolic OH excluding ortho intramolecular Hbond substituents is 1. The Morgan fingerprint density at radius 1 is 1.16 bits per heavy atom. The second-order valence-corrected chi connectivity index (χ2v) is 8.96. The van der Waals surface area contributed by atoms with Gasteiger partial charge in [0.2, 0.25) is 5.88 Å². The van der Waals surface area contributed by atoms with E-state index in [-0.39, 0.29) is 11.7 Å². The number of ether oxygens (including phenoxy) is 1. The Balaban J connectivity index is 1.52. The molecule has 1 aromatic heterocycles. The van der Waals surface area contributed by atoms with Crippen molar-refractivity contribution in [3.63, 3.8) is 0 Å². The lowest BCUT2D eigenvalue weighted by molar-refractivity contribution is -0.114. The van der Waals surface area contributed by atoms with Gasteiger partial charge in [-0.25, -0.2) is 9.19 Å². The molecule has 7 heteroatoms. The zero-order valence-corrected chi connectivity index (χ0v) is 18.3. The number of carbonyl (C=O) groups excluding carboxylic acids is 1. The maximum Gasteiger partial charge on any atom is 0.257 e. The number of pyridine rings is 1. The first-order valence-corrected chi connectivity index (χ1v) is 11.7. The van der Waals surface area contributed by atoms with Crippen LogP contribution in [-0.2, 0) is 22.2 Å². The number of amides is 1. The average molecular weight is 447 g/mol. The molecule has 0 fully saturated rings. The van der Waals surface area contributed by atoms with Crippen molar-refractivity contribution in [1.82, 2.24) is 9.71 Å². The van der Waals surface area contributed by atoms with Crippen molar-refractivity contribution in [1.29, 1.82) is 0 Å². The molecule has 2 atom stereocenters. The summed E-state index contributed by atoms with van der Waals surface area (Å²) in [5, 5.41) is 10.7. The molecule has 2 aromatic carbocycles. The molecule has 0 saturated carbocycles. The van der Waals surface area contributed by atoms with Gasteiger partial charge < -0.3 is 9.84 Å². The van der Waals surface area contributed by atoms with Gasteiger partial charge in [-0.3, -0.25) is 9.52 Å². The molecule has 32 heavy (non-hydrogen) atoms. The maximum absolute atomic E-state index is 12.1. The summed E-state index contributed by atoms with van der Waals surface area (Å²) in [6, 6.07) is 15.6. The molecule has 162 valence electrons. The second kappa shape index (κ2) is 8.24. The van der Waals surface area contributed by atoms with Gasteiger partial charge >= 0.3 is 0 Å². The van der Waals surface area contributed by atoms with Gasteiger partial charge in [0.05, 0.1) is 11.5 Å². The maximum atomic E-state index is 12.1. The molecule has 2 aliphatic rings. The molecule has 2 N–H and O–H groups in total. The van der Waals surface area contributed by atoms with Crippen molar-refractivity contribution >= 4 is 21.8 Å². The average Bonchev–Trinajstić information content (AvgIpc) is 3.37. The van der Waals surface area contributed by atoms with Gasteiger partial charge in [0.15, 0.2) is 11.0 Å². The van der Waals surface area contributed by atoms with Gasteiger partial charge in [0.25, 0.3) is 5.91 Å². The number of nitrogens with zero attached hydrogens (tertiary/aromatic N) is 1. The Hall–Kier alpha value is -3.45. The van der Waals surface area contributed by atoms with E-state index in [2.05, 4.69) is 21.8 Å². The van der Waals surface area contributed by atoms with E-state index in [0.717, 1.165) is 29.5 Å². The first-order chi connectivity index (χ1) is 15.6. The highest BCUT2D eigenvalue weighted by molar-refractivity contribution is 7.94. The number of phenols is 1. The Bertz CT molecular complexity index is 1280. The van der Waals surface area contributed by atoms with E-state index in [1.165, 1.54) is 17.2 Å². The van der Waals surface area contributed by atoms with Crippen molar-refractivity contribution in [2.75, 3.05) is 6.61 Å². The van der Waals surface area contributed by atoms with Crippen LogP contribution in [0.25, 0.3) is 16.0 Å². The highest BCUT2D eigenvalue weighted by Crippen LogP contribution is 2.45. The number of benzene rings is 2. The highest BCUT2D eigenvalue weighted by atomic mass is 32.2. The monoisotopic (exact) mass is 446 g/mol. The van der Waals surface area contributed by atoms with Gasteiger partial charge in [0.1, 0.15) is 5.75 Å². The van der Waals surface area contributed by atoms with Crippen LogP contribution >= 0.6 is 0 Å². The van der Waals surface area contributed by atoms with E-state index in [4.69, 9.17) is 4.74 Å². The summed E-state index contributed by atoms with van der Waals surface area (Å²) in [7, 11) is -1.64. The fraction of sp³-hybridized carbons (Fsp3) is 0.200. The summed E-state index contributed by atoms with van der Waals surface area (Å²) in [4.78, 5) is 16.2. The molecule has 0 saturated heterocycles. The lowest BCUT2D eigenvalue weighted by atomic mass is 9.90. The van der Waals surface area contributed by atoms with E-state index in [1.54, 1.807) is 18.3 Å². The van der Waals surface area contributed by atoms with Crippen molar-refractivity contribution < 1.29 is 18.8 Å². The number of nitrogens with one attached hydrogen (secondary N) is 1. The number of aromatic hydroxyl groups is 1. The second-order valence-electron chi connectivity index (χ2n) is 7.77. The molecule has 5 rings (SSSR count). The number of aromatic nitrogens is 1. The van der Waals surface area contributed by atoms with E-state index in [1.807, 2.05) is 31.2 Å². The Labute approximate surface area is 188 Å². The van der Waals surface area contributed by atoms with Crippen LogP contribution in [-0.4, -0.2) is 26.8 Å². The minimum Gasteiger partial charge on any atom is -0.507 e. The third-order valence-corrected chi connectivity index (χ3v) is 7.08. The summed E-state index contributed by atoms with van der Waals surface area (Å²) in [6.45, 7) is 2.50. The number of hydrogen-bond donors (Lipinski definition) is 2. The van der Waals surface area contributed by atoms with Crippen molar-refractivity contribution in [3.8, 4) is 22.8 Å². The molecule has 0 radical (unpaired) electrons. The molecule has 2 heterocycles. The molecule has 1 unspecified atom stereocenters. The van der Waals surface area contributed by atoms with Gasteiger partial charge in [-0.1, -0.05) is 24.3 Å². The fourth-order valence-electron chi connectivity index (χ4n) is 4.60. The van der Waals surface area contributed by atoms with Gasteiger partial charge in [0, 0.05) is 29.3 Å².